The molecule has 2 amide bonds. The molecule has 138 valence electrons. The smallest absolute Gasteiger partial charge is 0.254 e. The predicted molar refractivity (Wildman–Crippen MR) is 94.9 cm³/mol. The molecule has 1 aliphatic rings. The molecule has 1 fully saturated rings. The topological polar surface area (TPSA) is 93.9 Å². The van der Waals surface area contributed by atoms with Gasteiger partial charge in [0.1, 0.15) is 0 Å². The Hall–Kier alpha value is -2.28. The highest BCUT2D eigenvalue weighted by atomic mass is 16.5. The summed E-state index contributed by atoms with van der Waals surface area (Å²) in [5.74, 6) is 0.978. The Labute approximate surface area is 148 Å². The van der Waals surface area contributed by atoms with Crippen LogP contribution in [0.5, 0.6) is 11.5 Å². The van der Waals surface area contributed by atoms with Crippen molar-refractivity contribution in [1.29, 1.82) is 0 Å². The number of benzene rings is 1. The molecule has 1 atom stereocenters. The Morgan fingerprint density at radius 3 is 2.68 bits per heavy atom. The lowest BCUT2D eigenvalue weighted by molar-refractivity contribution is -0.121. The number of rotatable bonds is 7. The van der Waals surface area contributed by atoms with Crippen molar-refractivity contribution in [2.45, 2.75) is 31.7 Å². The fraction of sp³-hybridized carbons (Fsp3) is 0.556. The zero-order valence-electron chi connectivity index (χ0n) is 14.9. The lowest BCUT2D eigenvalue weighted by Gasteiger charge is -2.36. The van der Waals surface area contributed by atoms with Gasteiger partial charge in [-0.3, -0.25) is 9.59 Å². The maximum atomic E-state index is 12.9. The van der Waals surface area contributed by atoms with Crippen molar-refractivity contribution in [1.82, 2.24) is 10.2 Å². The van der Waals surface area contributed by atoms with Crippen LogP contribution >= 0.6 is 0 Å². The summed E-state index contributed by atoms with van der Waals surface area (Å²) in [4.78, 5) is 26.4. The number of nitrogens with one attached hydrogen (secondary N) is 1. The summed E-state index contributed by atoms with van der Waals surface area (Å²) in [7, 11) is 3.10. The zero-order chi connectivity index (χ0) is 18.2. The summed E-state index contributed by atoms with van der Waals surface area (Å²) in [5.41, 5.74) is 5.95. The number of likely N-dealkylation sites (tertiary alicyclic amines) is 1. The number of ether oxygens (including phenoxy) is 2. The van der Waals surface area contributed by atoms with Gasteiger partial charge in [0.25, 0.3) is 5.91 Å². The van der Waals surface area contributed by atoms with Gasteiger partial charge in [-0.15, -0.1) is 0 Å². The molecule has 0 saturated carbocycles. The average molecular weight is 349 g/mol. The average Bonchev–Trinajstić information content (AvgIpc) is 2.65. The van der Waals surface area contributed by atoms with Crippen LogP contribution in [0.15, 0.2) is 18.2 Å². The quantitative estimate of drug-likeness (QED) is 0.770. The van der Waals surface area contributed by atoms with Crippen molar-refractivity contribution in [3.63, 3.8) is 0 Å². The van der Waals surface area contributed by atoms with E-state index in [1.807, 2.05) is 4.90 Å². The lowest BCUT2D eigenvalue weighted by atomic mass is 10.0. The molecule has 25 heavy (non-hydrogen) atoms. The first-order chi connectivity index (χ1) is 12.1. The molecule has 0 aliphatic carbocycles. The Bertz CT molecular complexity index is 606. The molecule has 1 unspecified atom stereocenters. The first kappa shape index (κ1) is 19.1. The number of nitrogens with zero attached hydrogens (tertiary/aromatic N) is 1. The fourth-order valence-corrected chi connectivity index (χ4v) is 3.07. The van der Waals surface area contributed by atoms with Gasteiger partial charge in [0.15, 0.2) is 11.5 Å². The van der Waals surface area contributed by atoms with Crippen molar-refractivity contribution in [2.75, 3.05) is 33.9 Å². The Balaban J connectivity index is 2.10. The van der Waals surface area contributed by atoms with Gasteiger partial charge in [0.2, 0.25) is 5.91 Å². The highest BCUT2D eigenvalue weighted by Crippen LogP contribution is 2.29. The third kappa shape index (κ3) is 4.85. The van der Waals surface area contributed by atoms with E-state index in [-0.39, 0.29) is 17.9 Å². The van der Waals surface area contributed by atoms with Gasteiger partial charge < -0.3 is 25.4 Å². The van der Waals surface area contributed by atoms with E-state index in [0.717, 1.165) is 19.3 Å². The molecule has 3 N–H and O–H groups in total. The molecule has 2 rings (SSSR count). The minimum atomic E-state index is -0.0772. The second kappa shape index (κ2) is 9.27. The van der Waals surface area contributed by atoms with Crippen LogP contribution in [0.4, 0.5) is 0 Å². The van der Waals surface area contributed by atoms with Crippen LogP contribution in [0.25, 0.3) is 0 Å². The summed E-state index contributed by atoms with van der Waals surface area (Å²) in [5, 5.41) is 2.87. The minimum absolute atomic E-state index is 0.00364. The third-order valence-electron chi connectivity index (χ3n) is 4.42. The highest BCUT2D eigenvalue weighted by molar-refractivity contribution is 5.95. The number of amides is 2. The maximum Gasteiger partial charge on any atom is 0.254 e. The van der Waals surface area contributed by atoms with Gasteiger partial charge in [0, 0.05) is 37.7 Å². The molecule has 0 bridgehead atoms. The van der Waals surface area contributed by atoms with E-state index in [4.69, 9.17) is 15.2 Å². The number of carbonyl (C=O) groups is 2. The number of methoxy groups -OCH3 is 2. The van der Waals surface area contributed by atoms with Gasteiger partial charge in [-0.25, -0.2) is 0 Å². The van der Waals surface area contributed by atoms with Gasteiger partial charge >= 0.3 is 0 Å². The number of piperidine rings is 1. The summed E-state index contributed by atoms with van der Waals surface area (Å²) < 4.78 is 10.5. The van der Waals surface area contributed by atoms with E-state index in [0.29, 0.717) is 43.1 Å². The third-order valence-corrected chi connectivity index (χ3v) is 4.42. The van der Waals surface area contributed by atoms with Crippen LogP contribution < -0.4 is 20.5 Å². The van der Waals surface area contributed by atoms with Crippen molar-refractivity contribution in [2.24, 2.45) is 5.73 Å². The molecule has 1 aliphatic heterocycles. The molecule has 1 heterocycles. The van der Waals surface area contributed by atoms with Crippen molar-refractivity contribution in [3.05, 3.63) is 23.8 Å². The first-order valence-corrected chi connectivity index (χ1v) is 8.60. The van der Waals surface area contributed by atoms with Crippen LogP contribution in [0.1, 0.15) is 36.0 Å². The number of nitrogens with two attached hydrogens (primary N) is 1. The van der Waals surface area contributed by atoms with Gasteiger partial charge in [-0.1, -0.05) is 0 Å². The van der Waals surface area contributed by atoms with Gasteiger partial charge in [-0.2, -0.15) is 0 Å². The van der Waals surface area contributed by atoms with E-state index in [9.17, 15) is 9.59 Å². The van der Waals surface area contributed by atoms with Crippen molar-refractivity contribution >= 4 is 11.8 Å². The minimum Gasteiger partial charge on any atom is -0.493 e. The van der Waals surface area contributed by atoms with E-state index < -0.39 is 0 Å². The highest BCUT2D eigenvalue weighted by Gasteiger charge is 2.28. The largest absolute Gasteiger partial charge is 0.493 e. The van der Waals surface area contributed by atoms with Gasteiger partial charge in [0.05, 0.1) is 14.2 Å². The Kier molecular flexibility index (Phi) is 7.06. The molecule has 7 nitrogen and oxygen atoms in total. The van der Waals surface area contributed by atoms with Gasteiger partial charge in [-0.05, 0) is 37.5 Å². The predicted octanol–water partition coefficient (Wildman–Crippen LogP) is 1.16. The molecule has 7 heteroatoms. The standard InChI is InChI=1S/C18H27N3O4/c1-24-15-7-6-13(11-16(15)25-2)18(23)21-10-4-3-5-14(21)12-20-17(22)8-9-19/h6-7,11,14H,3-5,8-10,12,19H2,1-2H3,(H,20,22). The SMILES string of the molecule is COc1ccc(C(=O)N2CCCCC2CNC(=O)CCN)cc1OC. The van der Waals surface area contributed by atoms with E-state index in [1.54, 1.807) is 32.4 Å². The summed E-state index contributed by atoms with van der Waals surface area (Å²) in [6.45, 7) is 1.47. The van der Waals surface area contributed by atoms with Crippen LogP contribution in [0.2, 0.25) is 0 Å². The number of carbonyl (C=O) groups excluding carboxylic acids is 2. The number of hydrogen-bond acceptors (Lipinski definition) is 5. The molecule has 0 spiro atoms. The Morgan fingerprint density at radius 2 is 2.00 bits per heavy atom. The second-order valence-corrected chi connectivity index (χ2v) is 6.06. The summed E-state index contributed by atoms with van der Waals surface area (Å²) >= 11 is 0. The molecular weight excluding hydrogens is 322 g/mol. The van der Waals surface area contributed by atoms with Crippen LogP contribution in [-0.2, 0) is 4.79 Å². The maximum absolute atomic E-state index is 12.9. The van der Waals surface area contributed by atoms with E-state index in [1.165, 1.54) is 0 Å². The molecule has 0 aromatic heterocycles. The summed E-state index contributed by atoms with van der Waals surface area (Å²) in [6, 6.07) is 5.16. The van der Waals surface area contributed by atoms with Crippen LogP contribution in [0.3, 0.4) is 0 Å². The monoisotopic (exact) mass is 349 g/mol. The lowest BCUT2D eigenvalue weighted by Crippen LogP contribution is -2.49. The second-order valence-electron chi connectivity index (χ2n) is 6.06. The van der Waals surface area contributed by atoms with Crippen molar-refractivity contribution < 1.29 is 19.1 Å². The van der Waals surface area contributed by atoms with E-state index in [2.05, 4.69) is 5.32 Å². The molecule has 1 saturated heterocycles. The summed E-state index contributed by atoms with van der Waals surface area (Å²) in [6.07, 6.45) is 3.19. The molecule has 1 aromatic carbocycles. The molecular formula is C18H27N3O4. The fourth-order valence-electron chi connectivity index (χ4n) is 3.07. The van der Waals surface area contributed by atoms with E-state index >= 15 is 0 Å². The first-order valence-electron chi connectivity index (χ1n) is 8.60. The molecule has 1 aromatic rings. The Morgan fingerprint density at radius 1 is 1.24 bits per heavy atom. The zero-order valence-corrected chi connectivity index (χ0v) is 14.9. The number of hydrogen-bond donors (Lipinski definition) is 2. The van der Waals surface area contributed by atoms with Crippen LogP contribution in [0, 0.1) is 0 Å². The van der Waals surface area contributed by atoms with Crippen LogP contribution in [-0.4, -0.2) is 56.6 Å². The molecule has 0 radical (unpaired) electrons. The van der Waals surface area contributed by atoms with Crippen molar-refractivity contribution in [3.8, 4) is 11.5 Å². The normalized spacial score (nSPS) is 17.1.